The molecule has 0 aromatic heterocycles. The first-order valence-corrected chi connectivity index (χ1v) is 8.89. The Kier molecular flexibility index (Phi) is 4.31. The molecule has 1 aliphatic carbocycles. The number of piperidine rings is 1. The van der Waals surface area contributed by atoms with Crippen molar-refractivity contribution in [2.75, 3.05) is 13.1 Å². The molecule has 4 rings (SSSR count). The minimum atomic E-state index is 0.248. The second kappa shape index (κ2) is 6.74. The highest BCUT2D eigenvalue weighted by atomic mass is 16.1. The lowest BCUT2D eigenvalue weighted by molar-refractivity contribution is 0.103. The van der Waals surface area contributed by atoms with Crippen LogP contribution < -0.4 is 0 Å². The SMILES string of the molecule is O=C1/C(=C\C2CCN(Cc3ccccc3)CC2)Cc2ccccc21. The van der Waals surface area contributed by atoms with Gasteiger partial charge in [0.25, 0.3) is 0 Å². The number of fused-ring (bicyclic) bond motifs is 1. The number of ketones is 1. The molecule has 1 saturated heterocycles. The lowest BCUT2D eigenvalue weighted by Gasteiger charge is -2.30. The summed E-state index contributed by atoms with van der Waals surface area (Å²) in [6.07, 6.45) is 5.39. The highest BCUT2D eigenvalue weighted by Crippen LogP contribution is 2.29. The van der Waals surface area contributed by atoms with E-state index < -0.39 is 0 Å². The molecule has 0 spiro atoms. The van der Waals surface area contributed by atoms with Crippen molar-refractivity contribution in [2.45, 2.75) is 25.8 Å². The maximum atomic E-state index is 12.5. The fraction of sp³-hybridized carbons (Fsp3) is 0.318. The van der Waals surface area contributed by atoms with E-state index in [1.165, 1.54) is 11.1 Å². The third kappa shape index (κ3) is 3.20. The second-order valence-electron chi connectivity index (χ2n) is 6.95. The maximum Gasteiger partial charge on any atom is 0.189 e. The number of allylic oxidation sites excluding steroid dienone is 2. The third-order valence-electron chi connectivity index (χ3n) is 5.25. The summed E-state index contributed by atoms with van der Waals surface area (Å²) in [4.78, 5) is 15.0. The average Bonchev–Trinajstić information content (AvgIpc) is 2.94. The van der Waals surface area contributed by atoms with Gasteiger partial charge in [0.05, 0.1) is 0 Å². The number of benzene rings is 2. The van der Waals surface area contributed by atoms with Crippen molar-refractivity contribution in [1.29, 1.82) is 0 Å². The van der Waals surface area contributed by atoms with Crippen molar-refractivity contribution in [3.05, 3.63) is 82.9 Å². The van der Waals surface area contributed by atoms with E-state index in [2.05, 4.69) is 47.4 Å². The largest absolute Gasteiger partial charge is 0.299 e. The van der Waals surface area contributed by atoms with Gasteiger partial charge < -0.3 is 0 Å². The second-order valence-corrected chi connectivity index (χ2v) is 6.95. The molecule has 0 N–H and O–H groups in total. The highest BCUT2D eigenvalue weighted by molar-refractivity contribution is 6.13. The summed E-state index contributed by atoms with van der Waals surface area (Å²) in [6, 6.07) is 18.7. The zero-order valence-electron chi connectivity index (χ0n) is 13.9. The fourth-order valence-corrected chi connectivity index (χ4v) is 3.89. The zero-order chi connectivity index (χ0) is 16.4. The van der Waals surface area contributed by atoms with Gasteiger partial charge in [-0.25, -0.2) is 0 Å². The molecule has 24 heavy (non-hydrogen) atoms. The molecule has 1 heterocycles. The van der Waals surface area contributed by atoms with Crippen molar-refractivity contribution >= 4 is 5.78 Å². The van der Waals surface area contributed by atoms with Gasteiger partial charge in [0.1, 0.15) is 0 Å². The van der Waals surface area contributed by atoms with Crippen LogP contribution in [0.25, 0.3) is 0 Å². The van der Waals surface area contributed by atoms with Crippen LogP contribution >= 0.6 is 0 Å². The molecule has 2 nitrogen and oxygen atoms in total. The Hall–Kier alpha value is -2.19. The van der Waals surface area contributed by atoms with Crippen molar-refractivity contribution in [2.24, 2.45) is 5.92 Å². The van der Waals surface area contributed by atoms with E-state index in [0.717, 1.165) is 50.0 Å². The van der Waals surface area contributed by atoms with Crippen molar-refractivity contribution in [3.63, 3.8) is 0 Å². The first kappa shape index (κ1) is 15.3. The van der Waals surface area contributed by atoms with Crippen LogP contribution in [0, 0.1) is 5.92 Å². The van der Waals surface area contributed by atoms with Crippen LogP contribution in [0.2, 0.25) is 0 Å². The first-order chi connectivity index (χ1) is 11.8. The molecule has 0 atom stereocenters. The lowest BCUT2D eigenvalue weighted by Crippen LogP contribution is -2.32. The molecule has 0 saturated carbocycles. The summed E-state index contributed by atoms with van der Waals surface area (Å²) in [5.41, 5.74) is 4.49. The van der Waals surface area contributed by atoms with Crippen LogP contribution in [0.15, 0.2) is 66.2 Å². The standard InChI is InChI=1S/C22H23NO/c24-22-20(15-19-8-4-5-9-21(19)22)14-17-10-12-23(13-11-17)16-18-6-2-1-3-7-18/h1-9,14,17H,10-13,15-16H2/b20-14-. The molecule has 0 unspecified atom stereocenters. The topological polar surface area (TPSA) is 20.3 Å². The van der Waals surface area contributed by atoms with Gasteiger partial charge in [-0.2, -0.15) is 0 Å². The lowest BCUT2D eigenvalue weighted by atomic mass is 9.93. The van der Waals surface area contributed by atoms with Gasteiger partial charge in [-0.3, -0.25) is 9.69 Å². The van der Waals surface area contributed by atoms with Gasteiger partial charge in [-0.1, -0.05) is 60.7 Å². The number of nitrogens with zero attached hydrogens (tertiary/aromatic N) is 1. The van der Waals surface area contributed by atoms with Gasteiger partial charge in [0, 0.05) is 24.1 Å². The Morgan fingerprint density at radius 1 is 0.958 bits per heavy atom. The van der Waals surface area contributed by atoms with Gasteiger partial charge >= 0.3 is 0 Å². The smallest absolute Gasteiger partial charge is 0.189 e. The molecular formula is C22H23NO. The van der Waals surface area contributed by atoms with Gasteiger partial charge in [0.15, 0.2) is 5.78 Å². The summed E-state index contributed by atoms with van der Waals surface area (Å²) >= 11 is 0. The van der Waals surface area contributed by atoms with Gasteiger partial charge in [-0.05, 0) is 43.0 Å². The molecule has 0 amide bonds. The average molecular weight is 317 g/mol. The van der Waals surface area contributed by atoms with E-state index in [0.29, 0.717) is 5.92 Å². The summed E-state index contributed by atoms with van der Waals surface area (Å²) in [7, 11) is 0. The monoisotopic (exact) mass is 317 g/mol. The maximum absolute atomic E-state index is 12.5. The van der Waals surface area contributed by atoms with Crippen molar-refractivity contribution in [3.8, 4) is 0 Å². The van der Waals surface area contributed by atoms with E-state index in [4.69, 9.17) is 0 Å². The van der Waals surface area contributed by atoms with Crippen LogP contribution in [0.4, 0.5) is 0 Å². The fourth-order valence-electron chi connectivity index (χ4n) is 3.89. The molecule has 2 aliphatic rings. The van der Waals surface area contributed by atoms with Crippen LogP contribution in [0.5, 0.6) is 0 Å². The number of Topliss-reactive ketones (excluding diaryl/α,β-unsaturated/α-hetero) is 1. The molecule has 2 heteroatoms. The van der Waals surface area contributed by atoms with Crippen LogP contribution in [0.3, 0.4) is 0 Å². The summed E-state index contributed by atoms with van der Waals surface area (Å²) < 4.78 is 0. The molecule has 1 fully saturated rings. The molecule has 0 radical (unpaired) electrons. The van der Waals surface area contributed by atoms with Gasteiger partial charge in [-0.15, -0.1) is 0 Å². The minimum absolute atomic E-state index is 0.248. The van der Waals surface area contributed by atoms with Gasteiger partial charge in [0.2, 0.25) is 0 Å². The Bertz CT molecular complexity index is 755. The molecule has 2 aromatic rings. The number of carbonyl (C=O) groups excluding carboxylic acids is 1. The van der Waals surface area contributed by atoms with E-state index in [-0.39, 0.29) is 5.78 Å². The predicted molar refractivity (Wildman–Crippen MR) is 97.0 cm³/mol. The Morgan fingerprint density at radius 2 is 1.67 bits per heavy atom. The predicted octanol–water partition coefficient (Wildman–Crippen LogP) is 4.26. The molecule has 1 aliphatic heterocycles. The summed E-state index contributed by atoms with van der Waals surface area (Å²) in [6.45, 7) is 3.27. The number of likely N-dealkylation sites (tertiary alicyclic amines) is 1. The summed E-state index contributed by atoms with van der Waals surface area (Å²) in [5.74, 6) is 0.794. The number of rotatable bonds is 3. The highest BCUT2D eigenvalue weighted by Gasteiger charge is 2.26. The molecule has 122 valence electrons. The van der Waals surface area contributed by atoms with Crippen molar-refractivity contribution < 1.29 is 4.79 Å². The van der Waals surface area contributed by atoms with E-state index >= 15 is 0 Å². The van der Waals surface area contributed by atoms with E-state index in [9.17, 15) is 4.79 Å². The van der Waals surface area contributed by atoms with Crippen LogP contribution in [0.1, 0.15) is 34.3 Å². The quantitative estimate of drug-likeness (QED) is 0.788. The first-order valence-electron chi connectivity index (χ1n) is 8.89. The number of hydrogen-bond acceptors (Lipinski definition) is 2. The molecular weight excluding hydrogens is 294 g/mol. The Balaban J connectivity index is 1.36. The van der Waals surface area contributed by atoms with Crippen molar-refractivity contribution in [1.82, 2.24) is 4.90 Å². The minimum Gasteiger partial charge on any atom is -0.299 e. The normalized spacial score (nSPS) is 20.5. The molecule has 2 aromatic carbocycles. The zero-order valence-corrected chi connectivity index (χ0v) is 13.9. The number of carbonyl (C=O) groups is 1. The number of hydrogen-bond donors (Lipinski definition) is 0. The van der Waals surface area contributed by atoms with E-state index in [1.54, 1.807) is 0 Å². The summed E-state index contributed by atoms with van der Waals surface area (Å²) in [5, 5.41) is 0. The third-order valence-corrected chi connectivity index (χ3v) is 5.25. The van der Waals surface area contributed by atoms with E-state index in [1.807, 2.05) is 18.2 Å². The Labute approximate surface area is 143 Å². The van der Waals surface area contributed by atoms with Crippen LogP contribution in [-0.4, -0.2) is 23.8 Å². The van der Waals surface area contributed by atoms with Crippen LogP contribution in [-0.2, 0) is 13.0 Å². The Morgan fingerprint density at radius 3 is 2.42 bits per heavy atom. The molecule has 0 bridgehead atoms.